The Hall–Kier alpha value is 0.310. The molecule has 1 N–H and O–H groups in total. The van der Waals surface area contributed by atoms with Crippen LogP contribution < -0.4 is 4.72 Å². The van der Waals surface area contributed by atoms with Crippen molar-refractivity contribution in [3.8, 4) is 0 Å². The SMILES string of the molecule is CC(C)(C)SNCC1CCC1. The smallest absolute Gasteiger partial charge is 0.0220 e. The van der Waals surface area contributed by atoms with Gasteiger partial charge in [-0.2, -0.15) is 0 Å². The van der Waals surface area contributed by atoms with Crippen molar-refractivity contribution in [3.63, 3.8) is 0 Å². The Morgan fingerprint density at radius 1 is 1.36 bits per heavy atom. The molecule has 1 nitrogen and oxygen atoms in total. The van der Waals surface area contributed by atoms with Gasteiger partial charge in [-0.1, -0.05) is 18.4 Å². The molecule has 0 saturated heterocycles. The Morgan fingerprint density at radius 2 is 2.00 bits per heavy atom. The largest absolute Gasteiger partial charge is 0.263 e. The van der Waals surface area contributed by atoms with E-state index in [-0.39, 0.29) is 0 Å². The lowest BCUT2D eigenvalue weighted by Gasteiger charge is -2.27. The molecule has 0 aromatic heterocycles. The molecule has 66 valence electrons. The summed E-state index contributed by atoms with van der Waals surface area (Å²) in [7, 11) is 0. The maximum atomic E-state index is 3.44. The van der Waals surface area contributed by atoms with Gasteiger partial charge in [0, 0.05) is 11.3 Å². The molecule has 1 rings (SSSR count). The van der Waals surface area contributed by atoms with Crippen LogP contribution >= 0.6 is 11.9 Å². The maximum absolute atomic E-state index is 3.44. The van der Waals surface area contributed by atoms with Gasteiger partial charge in [0.2, 0.25) is 0 Å². The first-order valence-corrected chi connectivity index (χ1v) is 5.30. The summed E-state index contributed by atoms with van der Waals surface area (Å²) in [4.78, 5) is 0. The lowest BCUT2D eigenvalue weighted by Crippen LogP contribution is -2.26. The molecule has 0 bridgehead atoms. The zero-order valence-electron chi connectivity index (χ0n) is 7.81. The predicted molar refractivity (Wildman–Crippen MR) is 52.7 cm³/mol. The second kappa shape index (κ2) is 3.81. The van der Waals surface area contributed by atoms with E-state index in [1.54, 1.807) is 0 Å². The fraction of sp³-hybridized carbons (Fsp3) is 1.00. The zero-order valence-corrected chi connectivity index (χ0v) is 8.63. The minimum Gasteiger partial charge on any atom is -0.263 e. The van der Waals surface area contributed by atoms with Gasteiger partial charge < -0.3 is 0 Å². The second-order valence-electron chi connectivity index (χ2n) is 4.36. The van der Waals surface area contributed by atoms with Gasteiger partial charge in [0.05, 0.1) is 0 Å². The van der Waals surface area contributed by atoms with E-state index in [0.717, 1.165) is 5.92 Å². The van der Waals surface area contributed by atoms with Crippen molar-refractivity contribution in [2.45, 2.75) is 44.8 Å². The number of hydrogen-bond acceptors (Lipinski definition) is 2. The Balaban J connectivity index is 1.95. The molecule has 1 aliphatic rings. The molecule has 1 fully saturated rings. The van der Waals surface area contributed by atoms with Crippen LogP contribution in [-0.4, -0.2) is 11.3 Å². The molecule has 0 aliphatic heterocycles. The van der Waals surface area contributed by atoms with Gasteiger partial charge in [-0.05, 0) is 39.5 Å². The Bertz CT molecular complexity index is 113. The highest BCUT2D eigenvalue weighted by Gasteiger charge is 2.18. The molecule has 0 amide bonds. The monoisotopic (exact) mass is 173 g/mol. The highest BCUT2D eigenvalue weighted by atomic mass is 32.2. The molecule has 0 unspecified atom stereocenters. The summed E-state index contributed by atoms with van der Waals surface area (Å²) >= 11 is 1.86. The Kier molecular flexibility index (Phi) is 3.26. The normalized spacial score (nSPS) is 19.9. The lowest BCUT2D eigenvalue weighted by molar-refractivity contribution is 0.319. The summed E-state index contributed by atoms with van der Waals surface area (Å²) in [6, 6.07) is 0. The number of nitrogens with one attached hydrogen (secondary N) is 1. The summed E-state index contributed by atoms with van der Waals surface area (Å²) in [6.45, 7) is 7.93. The van der Waals surface area contributed by atoms with Crippen molar-refractivity contribution in [2.24, 2.45) is 5.92 Å². The molecule has 0 aromatic rings. The fourth-order valence-electron chi connectivity index (χ4n) is 1.07. The average Bonchev–Trinajstić information content (AvgIpc) is 1.73. The Labute approximate surface area is 74.5 Å². The van der Waals surface area contributed by atoms with Gasteiger partial charge >= 0.3 is 0 Å². The first-order chi connectivity index (χ1) is 5.08. The summed E-state index contributed by atoms with van der Waals surface area (Å²) in [5.74, 6) is 0.977. The van der Waals surface area contributed by atoms with E-state index in [0.29, 0.717) is 4.75 Å². The van der Waals surface area contributed by atoms with Crippen LogP contribution in [0.3, 0.4) is 0 Å². The molecule has 0 spiro atoms. The van der Waals surface area contributed by atoms with Gasteiger partial charge in [-0.15, -0.1) is 0 Å². The summed E-state index contributed by atoms with van der Waals surface area (Å²) in [5.41, 5.74) is 0. The second-order valence-corrected chi connectivity index (χ2v) is 6.08. The first-order valence-electron chi connectivity index (χ1n) is 4.49. The average molecular weight is 173 g/mol. The number of rotatable bonds is 3. The summed E-state index contributed by atoms with van der Waals surface area (Å²) < 4.78 is 3.81. The van der Waals surface area contributed by atoms with Crippen LogP contribution in [0, 0.1) is 5.92 Å². The van der Waals surface area contributed by atoms with Crippen molar-refractivity contribution >= 4 is 11.9 Å². The standard InChI is InChI=1S/C9H19NS/c1-9(2,3)11-10-7-8-5-4-6-8/h8,10H,4-7H2,1-3H3. The van der Waals surface area contributed by atoms with Gasteiger partial charge in [0.15, 0.2) is 0 Å². The third-order valence-electron chi connectivity index (χ3n) is 1.98. The quantitative estimate of drug-likeness (QED) is 0.659. The van der Waals surface area contributed by atoms with Crippen LogP contribution in [0.5, 0.6) is 0 Å². The maximum Gasteiger partial charge on any atom is 0.0220 e. The van der Waals surface area contributed by atoms with Crippen molar-refractivity contribution in [1.82, 2.24) is 4.72 Å². The van der Waals surface area contributed by atoms with Crippen LogP contribution in [0.1, 0.15) is 40.0 Å². The topological polar surface area (TPSA) is 12.0 Å². The number of hydrogen-bond donors (Lipinski definition) is 1. The molecule has 1 aliphatic carbocycles. The third kappa shape index (κ3) is 4.02. The summed E-state index contributed by atoms with van der Waals surface area (Å²) in [6.07, 6.45) is 4.34. The first kappa shape index (κ1) is 9.40. The highest BCUT2D eigenvalue weighted by molar-refractivity contribution is 7.98. The van der Waals surface area contributed by atoms with Gasteiger partial charge in [-0.25, -0.2) is 0 Å². The molecule has 0 aromatic carbocycles. The minimum absolute atomic E-state index is 0.365. The van der Waals surface area contributed by atoms with Crippen molar-refractivity contribution in [2.75, 3.05) is 6.54 Å². The van der Waals surface area contributed by atoms with E-state index in [1.165, 1.54) is 25.8 Å². The van der Waals surface area contributed by atoms with E-state index in [4.69, 9.17) is 0 Å². The molecular formula is C9H19NS. The van der Waals surface area contributed by atoms with Crippen LogP contribution in [0.2, 0.25) is 0 Å². The zero-order chi connectivity index (χ0) is 8.32. The molecule has 1 saturated carbocycles. The van der Waals surface area contributed by atoms with E-state index in [1.807, 2.05) is 11.9 Å². The van der Waals surface area contributed by atoms with Gasteiger partial charge in [-0.3, -0.25) is 4.72 Å². The van der Waals surface area contributed by atoms with Crippen molar-refractivity contribution < 1.29 is 0 Å². The summed E-state index contributed by atoms with van der Waals surface area (Å²) in [5, 5.41) is 0. The molecule has 0 atom stereocenters. The van der Waals surface area contributed by atoms with E-state index < -0.39 is 0 Å². The van der Waals surface area contributed by atoms with Gasteiger partial charge in [0.1, 0.15) is 0 Å². The van der Waals surface area contributed by atoms with Gasteiger partial charge in [0.25, 0.3) is 0 Å². The van der Waals surface area contributed by atoms with E-state index in [9.17, 15) is 0 Å². The molecular weight excluding hydrogens is 154 g/mol. The van der Waals surface area contributed by atoms with E-state index >= 15 is 0 Å². The van der Waals surface area contributed by atoms with Crippen LogP contribution in [0.15, 0.2) is 0 Å². The molecule has 0 heterocycles. The minimum atomic E-state index is 0.365. The van der Waals surface area contributed by atoms with Crippen LogP contribution in [0.4, 0.5) is 0 Å². The lowest BCUT2D eigenvalue weighted by atomic mass is 9.86. The van der Waals surface area contributed by atoms with E-state index in [2.05, 4.69) is 25.5 Å². The third-order valence-corrected chi connectivity index (χ3v) is 2.90. The van der Waals surface area contributed by atoms with Crippen molar-refractivity contribution in [1.29, 1.82) is 0 Å². The molecule has 0 radical (unpaired) electrons. The van der Waals surface area contributed by atoms with Crippen LogP contribution in [-0.2, 0) is 0 Å². The molecule has 2 heteroatoms. The highest BCUT2D eigenvalue weighted by Crippen LogP contribution is 2.27. The fourth-order valence-corrected chi connectivity index (χ4v) is 1.82. The molecule has 11 heavy (non-hydrogen) atoms. The Morgan fingerprint density at radius 3 is 2.36 bits per heavy atom. The van der Waals surface area contributed by atoms with Crippen molar-refractivity contribution in [3.05, 3.63) is 0 Å². The predicted octanol–water partition coefficient (Wildman–Crippen LogP) is 2.82. The van der Waals surface area contributed by atoms with Crippen LogP contribution in [0.25, 0.3) is 0 Å².